The largest absolute Gasteiger partial charge is 0.456 e. The van der Waals surface area contributed by atoms with E-state index >= 15 is 0 Å². The number of carbonyl (C=O) groups excluding carboxylic acids is 1. The first-order valence-electron chi connectivity index (χ1n) is 13.3. The summed E-state index contributed by atoms with van der Waals surface area (Å²) in [5, 5.41) is 2.50. The van der Waals surface area contributed by atoms with Crippen LogP contribution in [0.15, 0.2) is 60.7 Å². The summed E-state index contributed by atoms with van der Waals surface area (Å²) in [4.78, 5) is 11.8. The van der Waals surface area contributed by atoms with Crippen LogP contribution >= 0.6 is 0 Å². The normalized spacial score (nSPS) is 13.4. The van der Waals surface area contributed by atoms with Crippen LogP contribution in [-0.4, -0.2) is 41.9 Å². The maximum atomic E-state index is 11.8. The van der Waals surface area contributed by atoms with Gasteiger partial charge in [-0.05, 0) is 46.9 Å². The van der Waals surface area contributed by atoms with Crippen LogP contribution in [0.2, 0.25) is 23.2 Å². The highest BCUT2D eigenvalue weighted by molar-refractivity contribution is 6.99. The summed E-state index contributed by atoms with van der Waals surface area (Å²) in [6, 6.07) is 21.3. The Hall–Kier alpha value is -2.18. The molecule has 2 aromatic rings. The number of rotatable bonds is 10. The molecule has 0 aliphatic rings. The van der Waals surface area contributed by atoms with Crippen molar-refractivity contribution in [3.63, 3.8) is 0 Å². The molecule has 0 unspecified atom stereocenters. The first-order chi connectivity index (χ1) is 17.2. The third kappa shape index (κ3) is 8.15. The SMILES string of the molecule is CCOC(=O)C#CC[C@@H](CCO[Si](c1ccccc1)(c1ccccc1)C(C)(C)C)O[Si](C)(C)C(C)(C)C. The zero-order chi connectivity index (χ0) is 27.7. The number of carbonyl (C=O) groups is 1. The molecule has 0 heterocycles. The van der Waals surface area contributed by atoms with Crippen LogP contribution in [-0.2, 0) is 18.4 Å². The number of hydrogen-bond donors (Lipinski definition) is 0. The van der Waals surface area contributed by atoms with Gasteiger partial charge < -0.3 is 13.6 Å². The van der Waals surface area contributed by atoms with Crippen molar-refractivity contribution >= 4 is 33.0 Å². The van der Waals surface area contributed by atoms with E-state index in [0.29, 0.717) is 26.1 Å². The summed E-state index contributed by atoms with van der Waals surface area (Å²) in [6.45, 7) is 20.7. The van der Waals surface area contributed by atoms with Crippen LogP contribution in [0.3, 0.4) is 0 Å². The van der Waals surface area contributed by atoms with E-state index in [2.05, 4.69) is 127 Å². The number of esters is 1. The average Bonchev–Trinajstić information content (AvgIpc) is 2.81. The first kappa shape index (κ1) is 31.0. The van der Waals surface area contributed by atoms with Gasteiger partial charge in [-0.1, -0.05) is 108 Å². The van der Waals surface area contributed by atoms with E-state index in [1.165, 1.54) is 10.4 Å². The summed E-state index contributed by atoms with van der Waals surface area (Å²) in [5.74, 6) is 5.14. The van der Waals surface area contributed by atoms with Gasteiger partial charge in [-0.15, -0.1) is 0 Å². The van der Waals surface area contributed by atoms with E-state index < -0.39 is 22.6 Å². The zero-order valence-electron chi connectivity index (χ0n) is 24.3. The Balaban J connectivity index is 2.37. The highest BCUT2D eigenvalue weighted by atomic mass is 28.4. The predicted octanol–water partition coefficient (Wildman–Crippen LogP) is 6.30. The van der Waals surface area contributed by atoms with Crippen molar-refractivity contribution in [2.75, 3.05) is 13.2 Å². The van der Waals surface area contributed by atoms with Gasteiger partial charge in [0.1, 0.15) is 0 Å². The Morgan fingerprint density at radius 2 is 1.38 bits per heavy atom. The van der Waals surface area contributed by atoms with Crippen LogP contribution in [0.4, 0.5) is 0 Å². The fourth-order valence-electron chi connectivity index (χ4n) is 4.31. The highest BCUT2D eigenvalue weighted by Gasteiger charge is 2.50. The van der Waals surface area contributed by atoms with Gasteiger partial charge in [0.2, 0.25) is 0 Å². The minimum atomic E-state index is -2.63. The van der Waals surface area contributed by atoms with Crippen LogP contribution in [0.25, 0.3) is 0 Å². The molecular weight excluding hydrogens is 493 g/mol. The van der Waals surface area contributed by atoms with Crippen LogP contribution < -0.4 is 10.4 Å². The van der Waals surface area contributed by atoms with Gasteiger partial charge in [-0.2, -0.15) is 0 Å². The Morgan fingerprint density at radius 1 is 0.865 bits per heavy atom. The molecule has 0 radical (unpaired) electrons. The maximum absolute atomic E-state index is 11.8. The molecule has 2 aromatic carbocycles. The van der Waals surface area contributed by atoms with Gasteiger partial charge in [0, 0.05) is 18.9 Å². The van der Waals surface area contributed by atoms with Crippen molar-refractivity contribution < 1.29 is 18.4 Å². The van der Waals surface area contributed by atoms with Gasteiger partial charge in [0.25, 0.3) is 8.32 Å². The lowest BCUT2D eigenvalue weighted by Gasteiger charge is -2.43. The first-order valence-corrected chi connectivity index (χ1v) is 18.1. The Bertz CT molecular complexity index is 1000. The van der Waals surface area contributed by atoms with Crippen LogP contribution in [0.1, 0.15) is 61.3 Å². The molecule has 0 aliphatic heterocycles. The van der Waals surface area contributed by atoms with Crippen molar-refractivity contribution in [3.05, 3.63) is 60.7 Å². The minimum Gasteiger partial charge on any atom is -0.456 e. The fourth-order valence-corrected chi connectivity index (χ4v) is 10.3. The molecule has 1 atom stereocenters. The molecule has 0 saturated heterocycles. The molecule has 2 rings (SSSR count). The zero-order valence-corrected chi connectivity index (χ0v) is 26.3. The molecule has 0 spiro atoms. The van der Waals surface area contributed by atoms with Crippen molar-refractivity contribution in [3.8, 4) is 11.8 Å². The lowest BCUT2D eigenvalue weighted by atomic mass is 10.2. The maximum Gasteiger partial charge on any atom is 0.384 e. The standard InChI is InChI=1S/C31H46O4Si2/c1-10-33-29(32)23-17-18-26(35-36(8,9)30(2,3)4)24-25-34-37(31(5,6)7,27-19-13-11-14-20-27)28-21-15-12-16-22-28/h11-16,19-22,26H,10,18,24-25H2,1-9H3/t26-/m0/s1. The molecular formula is C31H46O4Si2. The van der Waals surface area contributed by atoms with E-state index in [0.717, 1.165) is 0 Å². The Labute approximate surface area is 227 Å². The van der Waals surface area contributed by atoms with Gasteiger partial charge in [-0.25, -0.2) is 4.79 Å². The second-order valence-electron chi connectivity index (χ2n) is 12.0. The number of benzene rings is 2. The van der Waals surface area contributed by atoms with Crippen molar-refractivity contribution in [1.82, 2.24) is 0 Å². The monoisotopic (exact) mass is 538 g/mol. The summed E-state index contributed by atoms with van der Waals surface area (Å²) in [6.07, 6.45) is 1.05. The lowest BCUT2D eigenvalue weighted by molar-refractivity contribution is -0.136. The summed E-state index contributed by atoms with van der Waals surface area (Å²) >= 11 is 0. The van der Waals surface area contributed by atoms with Gasteiger partial charge in [0.15, 0.2) is 8.32 Å². The molecule has 202 valence electrons. The van der Waals surface area contributed by atoms with Crippen LogP contribution in [0, 0.1) is 11.8 Å². The van der Waals surface area contributed by atoms with E-state index in [1.807, 2.05) is 0 Å². The predicted molar refractivity (Wildman–Crippen MR) is 159 cm³/mol. The van der Waals surface area contributed by atoms with Gasteiger partial charge in [0.05, 0.1) is 12.7 Å². The average molecular weight is 539 g/mol. The summed E-state index contributed by atoms with van der Waals surface area (Å²) in [7, 11) is -4.67. The van der Waals surface area contributed by atoms with E-state index in [9.17, 15) is 4.79 Å². The van der Waals surface area contributed by atoms with Crippen molar-refractivity contribution in [2.24, 2.45) is 0 Å². The second kappa shape index (κ2) is 13.1. The molecule has 4 nitrogen and oxygen atoms in total. The Morgan fingerprint density at radius 3 is 1.81 bits per heavy atom. The van der Waals surface area contributed by atoms with Gasteiger partial charge in [-0.3, -0.25) is 0 Å². The van der Waals surface area contributed by atoms with E-state index in [-0.39, 0.29) is 16.2 Å². The molecule has 0 saturated carbocycles. The lowest BCUT2D eigenvalue weighted by Crippen LogP contribution is -2.66. The highest BCUT2D eigenvalue weighted by Crippen LogP contribution is 2.39. The quantitative estimate of drug-likeness (QED) is 0.154. The molecule has 0 bridgehead atoms. The summed E-state index contributed by atoms with van der Waals surface area (Å²) in [5.41, 5.74) is 0. The smallest absolute Gasteiger partial charge is 0.384 e. The molecule has 0 aromatic heterocycles. The van der Waals surface area contributed by atoms with Crippen molar-refractivity contribution in [1.29, 1.82) is 0 Å². The summed E-state index contributed by atoms with van der Waals surface area (Å²) < 4.78 is 18.8. The van der Waals surface area contributed by atoms with Crippen LogP contribution in [0.5, 0.6) is 0 Å². The van der Waals surface area contributed by atoms with E-state index in [1.54, 1.807) is 6.92 Å². The molecule has 6 heteroatoms. The van der Waals surface area contributed by atoms with Gasteiger partial charge >= 0.3 is 5.97 Å². The minimum absolute atomic E-state index is 0.0681. The third-order valence-electron chi connectivity index (χ3n) is 7.24. The Kier molecular flexibility index (Phi) is 11.0. The topological polar surface area (TPSA) is 44.8 Å². The molecule has 0 amide bonds. The second-order valence-corrected chi connectivity index (χ2v) is 21.1. The van der Waals surface area contributed by atoms with Crippen molar-refractivity contribution in [2.45, 2.75) is 90.6 Å². The molecule has 37 heavy (non-hydrogen) atoms. The third-order valence-corrected chi connectivity index (χ3v) is 16.8. The van der Waals surface area contributed by atoms with E-state index in [4.69, 9.17) is 13.6 Å². The molecule has 0 N–H and O–H groups in total. The molecule has 0 aliphatic carbocycles. The molecule has 0 fully saturated rings. The number of ether oxygens (including phenoxy) is 1. The fraction of sp³-hybridized carbons (Fsp3) is 0.516. The number of hydrogen-bond acceptors (Lipinski definition) is 4.